The highest BCUT2D eigenvalue weighted by Crippen LogP contribution is 2.25. The number of rotatable bonds is 6. The first-order chi connectivity index (χ1) is 12.3. The van der Waals surface area contributed by atoms with Crippen molar-refractivity contribution in [2.24, 2.45) is 4.36 Å². The minimum absolute atomic E-state index is 0.244. The minimum Gasteiger partial charge on any atom is -0.443 e. The van der Waals surface area contributed by atoms with Gasteiger partial charge in [-0.05, 0) is 34.8 Å². The molecule has 0 N–H and O–H groups in total. The molecule has 0 bridgehead atoms. The quantitative estimate of drug-likeness (QED) is 0.566. The number of benzene rings is 2. The molecule has 1 amide bonds. The van der Waals surface area contributed by atoms with Crippen LogP contribution in [0.4, 0.5) is 4.79 Å². The van der Waals surface area contributed by atoms with Crippen LogP contribution in [0.25, 0.3) is 10.2 Å². The van der Waals surface area contributed by atoms with Crippen LogP contribution in [-0.4, -0.2) is 16.8 Å². The van der Waals surface area contributed by atoms with Gasteiger partial charge in [0.25, 0.3) is 0 Å². The second-order valence-corrected chi connectivity index (χ2v) is 8.50. The predicted octanol–water partition coefficient (Wildman–Crippen LogP) is 5.59. The Morgan fingerprint density at radius 3 is 2.68 bits per heavy atom. The second kappa shape index (κ2) is 8.87. The topological polar surface area (TPSA) is 51.5 Å². The van der Waals surface area contributed by atoms with Gasteiger partial charge in [-0.2, -0.15) is 0 Å². The maximum Gasteiger partial charge on any atom is 0.440 e. The summed E-state index contributed by atoms with van der Waals surface area (Å²) in [5, 5.41) is 0. The molecule has 1 heterocycles. The van der Waals surface area contributed by atoms with Crippen molar-refractivity contribution in [3.8, 4) is 0 Å². The molecule has 0 radical (unpaired) electrons. The highest BCUT2D eigenvalue weighted by atomic mass is 32.2. The number of para-hydroxylation sites is 1. The Bertz CT molecular complexity index is 842. The minimum atomic E-state index is -0.550. The summed E-state index contributed by atoms with van der Waals surface area (Å²) in [6, 6.07) is 17.7. The van der Waals surface area contributed by atoms with E-state index in [0.717, 1.165) is 38.7 Å². The number of unbranched alkanes of at least 4 members (excludes halogenated alkanes) is 1. The molecule has 0 aliphatic heterocycles. The number of nitrogens with zero attached hydrogens (tertiary/aromatic N) is 2. The lowest BCUT2D eigenvalue weighted by Gasteiger charge is -2.05. The van der Waals surface area contributed by atoms with E-state index in [0.29, 0.717) is 0 Å². The molecule has 3 aromatic rings. The van der Waals surface area contributed by atoms with Crippen LogP contribution in [0.5, 0.6) is 0 Å². The fraction of sp³-hybridized carbons (Fsp3) is 0.263. The summed E-state index contributed by atoms with van der Waals surface area (Å²) in [6.07, 6.45) is 1.56. The van der Waals surface area contributed by atoms with Gasteiger partial charge in [-0.25, -0.2) is 9.78 Å². The molecule has 0 saturated carbocycles. The number of ether oxygens (including phenoxy) is 1. The van der Waals surface area contributed by atoms with Gasteiger partial charge in [0.15, 0.2) is 4.34 Å². The van der Waals surface area contributed by atoms with Gasteiger partial charge in [0.05, 0.1) is 10.2 Å². The number of carbonyl (C=O) groups excluding carboxylic acids is 1. The summed E-state index contributed by atoms with van der Waals surface area (Å²) in [6.45, 7) is 2.38. The molecule has 0 aliphatic carbocycles. The number of carbonyl (C=O) groups is 1. The molecule has 0 saturated heterocycles. The maximum atomic E-state index is 12.2. The van der Waals surface area contributed by atoms with Crippen LogP contribution in [0.3, 0.4) is 0 Å². The molecule has 130 valence electrons. The molecule has 3 rings (SSSR count). The maximum absolute atomic E-state index is 12.2. The molecule has 1 aromatic heterocycles. The van der Waals surface area contributed by atoms with Crippen LogP contribution < -0.4 is 0 Å². The number of hydrogen-bond donors (Lipinski definition) is 0. The third-order valence-corrected chi connectivity index (χ3v) is 6.75. The summed E-state index contributed by atoms with van der Waals surface area (Å²) >= 11 is 1.61. The Morgan fingerprint density at radius 1 is 1.16 bits per heavy atom. The fourth-order valence-corrected chi connectivity index (χ4v) is 5.30. The van der Waals surface area contributed by atoms with Crippen LogP contribution in [0.2, 0.25) is 0 Å². The summed E-state index contributed by atoms with van der Waals surface area (Å²) in [5.74, 6) is 0.830. The van der Waals surface area contributed by atoms with Crippen LogP contribution in [0.15, 0.2) is 63.3 Å². The number of fused-ring (bicyclic) bond motifs is 1. The van der Waals surface area contributed by atoms with Crippen molar-refractivity contribution in [2.75, 3.05) is 5.75 Å². The van der Waals surface area contributed by atoms with Gasteiger partial charge in [0, 0.05) is 5.75 Å². The van der Waals surface area contributed by atoms with E-state index in [1.165, 1.54) is 0 Å². The number of aromatic nitrogens is 1. The lowest BCUT2D eigenvalue weighted by Crippen LogP contribution is -2.05. The zero-order valence-corrected chi connectivity index (χ0v) is 15.7. The lowest BCUT2D eigenvalue weighted by molar-refractivity contribution is 0.151. The van der Waals surface area contributed by atoms with E-state index >= 15 is 0 Å². The van der Waals surface area contributed by atoms with Crippen molar-refractivity contribution in [3.05, 3.63) is 60.2 Å². The van der Waals surface area contributed by atoms with Gasteiger partial charge in [-0.15, -0.1) is 15.7 Å². The van der Waals surface area contributed by atoms with E-state index in [9.17, 15) is 4.79 Å². The Hall–Kier alpha value is -2.05. The molecule has 1 unspecified atom stereocenters. The molecule has 25 heavy (non-hydrogen) atoms. The number of amides is 1. The molecule has 6 heteroatoms. The highest BCUT2D eigenvalue weighted by molar-refractivity contribution is 7.89. The first kappa shape index (κ1) is 17.8. The Kier molecular flexibility index (Phi) is 6.30. The predicted molar refractivity (Wildman–Crippen MR) is 104 cm³/mol. The third kappa shape index (κ3) is 4.96. The first-order valence-electron chi connectivity index (χ1n) is 8.25. The molecule has 0 fully saturated rings. The van der Waals surface area contributed by atoms with Crippen LogP contribution in [-0.2, 0) is 22.0 Å². The Balaban J connectivity index is 1.76. The molecule has 0 spiro atoms. The van der Waals surface area contributed by atoms with Crippen LogP contribution in [0.1, 0.15) is 25.3 Å². The van der Waals surface area contributed by atoms with Gasteiger partial charge in [0.1, 0.15) is 6.61 Å². The number of thiazole rings is 1. The average Bonchev–Trinajstić information content (AvgIpc) is 3.08. The normalized spacial score (nSPS) is 12.4. The molecular weight excluding hydrogens is 352 g/mol. The van der Waals surface area contributed by atoms with Gasteiger partial charge in [-0.1, -0.05) is 55.8 Å². The van der Waals surface area contributed by atoms with E-state index < -0.39 is 16.8 Å². The van der Waals surface area contributed by atoms with Crippen LogP contribution >= 0.6 is 11.3 Å². The van der Waals surface area contributed by atoms with Crippen molar-refractivity contribution >= 4 is 38.3 Å². The Morgan fingerprint density at radius 2 is 1.92 bits per heavy atom. The molecule has 4 nitrogen and oxygen atoms in total. The van der Waals surface area contributed by atoms with E-state index in [-0.39, 0.29) is 6.61 Å². The SMILES string of the molecule is CCCC/S(=N\C(=O)OCc1ccccc1)c1nc2ccccc2s1. The standard InChI is InChI=1S/C19H20N2O2S2/c1-2-3-13-25(19-20-16-11-7-8-12-17(16)24-19)21-18(22)23-14-15-9-5-4-6-10-15/h4-12H,2-3,13-14H2,1H3. The lowest BCUT2D eigenvalue weighted by atomic mass is 10.2. The largest absolute Gasteiger partial charge is 0.443 e. The number of hydrogen-bond acceptors (Lipinski definition) is 4. The van der Waals surface area contributed by atoms with E-state index in [1.807, 2.05) is 54.6 Å². The average molecular weight is 373 g/mol. The fourth-order valence-electron chi connectivity index (χ4n) is 2.24. The second-order valence-electron chi connectivity index (χ2n) is 5.50. The molecule has 0 aliphatic rings. The third-order valence-electron chi connectivity index (χ3n) is 3.56. The zero-order chi connectivity index (χ0) is 17.5. The van der Waals surface area contributed by atoms with E-state index in [1.54, 1.807) is 11.3 Å². The summed E-state index contributed by atoms with van der Waals surface area (Å²) in [5.41, 5.74) is 1.92. The van der Waals surface area contributed by atoms with Gasteiger partial charge < -0.3 is 4.74 Å². The first-order valence-corrected chi connectivity index (χ1v) is 10.4. The van der Waals surface area contributed by atoms with Crippen LogP contribution in [0, 0.1) is 0 Å². The van der Waals surface area contributed by atoms with Crippen molar-refractivity contribution in [3.63, 3.8) is 0 Å². The van der Waals surface area contributed by atoms with Crippen molar-refractivity contribution < 1.29 is 9.53 Å². The molecule has 2 aromatic carbocycles. The smallest absolute Gasteiger partial charge is 0.440 e. The summed E-state index contributed by atoms with van der Waals surface area (Å²) in [7, 11) is -0.550. The van der Waals surface area contributed by atoms with Crippen molar-refractivity contribution in [1.29, 1.82) is 0 Å². The monoisotopic (exact) mass is 372 g/mol. The van der Waals surface area contributed by atoms with Crippen molar-refractivity contribution in [1.82, 2.24) is 4.98 Å². The highest BCUT2D eigenvalue weighted by Gasteiger charge is 2.12. The zero-order valence-electron chi connectivity index (χ0n) is 14.1. The summed E-state index contributed by atoms with van der Waals surface area (Å²) < 4.78 is 11.7. The van der Waals surface area contributed by atoms with Gasteiger partial charge in [-0.3, -0.25) is 0 Å². The van der Waals surface area contributed by atoms with Gasteiger partial charge in [0.2, 0.25) is 0 Å². The Labute approximate surface area is 154 Å². The molecular formula is C19H20N2O2S2. The van der Waals surface area contributed by atoms with E-state index in [4.69, 9.17) is 4.74 Å². The van der Waals surface area contributed by atoms with Crippen molar-refractivity contribution in [2.45, 2.75) is 30.7 Å². The van der Waals surface area contributed by atoms with Gasteiger partial charge >= 0.3 is 6.09 Å². The van der Waals surface area contributed by atoms with E-state index in [2.05, 4.69) is 16.3 Å². The molecule has 1 atom stereocenters. The summed E-state index contributed by atoms with van der Waals surface area (Å²) in [4.78, 5) is 16.8.